The van der Waals surface area contributed by atoms with Crippen molar-refractivity contribution in [2.45, 2.75) is 178 Å². The Balaban J connectivity index is 3.33. The van der Waals surface area contributed by atoms with Crippen LogP contribution in [0.4, 0.5) is 0 Å². The molecule has 0 saturated carbocycles. The Kier molecular flexibility index (Phi) is 38.1. The van der Waals surface area contributed by atoms with Gasteiger partial charge in [0, 0.05) is 55.5 Å². The Hall–Kier alpha value is -9.71. The third-order valence-electron chi connectivity index (χ3n) is 13.7. The second-order valence-electron chi connectivity index (χ2n) is 22.7. The Morgan fingerprint density at radius 3 is 1.36 bits per heavy atom. The fourth-order valence-electron chi connectivity index (χ4n) is 8.45. The first-order valence-electron chi connectivity index (χ1n) is 30.0. The maximum atomic E-state index is 14.1. The van der Waals surface area contributed by atoms with Crippen molar-refractivity contribution >= 4 is 132 Å². The first-order chi connectivity index (χ1) is 45.3. The molecule has 1 aromatic heterocycles. The number of aliphatic carboxylic acids is 4. The van der Waals surface area contributed by atoms with E-state index in [4.69, 9.17) is 22.3 Å². The number of amides is 14. The zero-order valence-corrected chi connectivity index (χ0v) is 55.3. The molecule has 542 valence electrons. The highest BCUT2D eigenvalue weighted by molar-refractivity contribution is 7.80. The van der Waals surface area contributed by atoms with Crippen LogP contribution in [0.25, 0.3) is 0 Å². The lowest BCUT2D eigenvalue weighted by Crippen LogP contribution is -2.61. The number of aromatic nitrogens is 2. The van der Waals surface area contributed by atoms with E-state index < -0.39 is 261 Å². The summed E-state index contributed by atoms with van der Waals surface area (Å²) in [7, 11) is 0. The molecule has 0 unspecified atom stereocenters. The molecule has 0 radical (unpaired) electrons. The lowest BCUT2D eigenvalue weighted by atomic mass is 9.99. The molecule has 24 N–H and O–H groups in total. The van der Waals surface area contributed by atoms with Gasteiger partial charge in [-0.25, -0.2) is 9.78 Å². The molecule has 14 amide bonds. The number of carboxylic acid groups (broad SMARTS) is 4. The van der Waals surface area contributed by atoms with Crippen molar-refractivity contribution in [3.63, 3.8) is 0 Å². The van der Waals surface area contributed by atoms with Crippen molar-refractivity contribution in [1.29, 1.82) is 0 Å². The van der Waals surface area contributed by atoms with Gasteiger partial charge in [0.1, 0.15) is 66.5 Å². The number of nitrogens with two attached hydrogens (primary N) is 3. The molecule has 0 bridgehead atoms. The summed E-state index contributed by atoms with van der Waals surface area (Å²) < 4.78 is 0. The second-order valence-corrected chi connectivity index (χ2v) is 23.4. The third-order valence-corrected chi connectivity index (χ3v) is 14.5. The number of aliphatic hydroxyl groups is 1. The van der Waals surface area contributed by atoms with Gasteiger partial charge in [-0.3, -0.25) is 81.5 Å². The molecule has 12 atom stereocenters. The molecule has 40 nitrogen and oxygen atoms in total. The van der Waals surface area contributed by atoms with E-state index in [0.29, 0.717) is 0 Å². The Morgan fingerprint density at radius 1 is 0.474 bits per heavy atom. The van der Waals surface area contributed by atoms with E-state index in [9.17, 15) is 107 Å². The van der Waals surface area contributed by atoms with Gasteiger partial charge in [-0.15, -0.1) is 0 Å². The monoisotopic (exact) mass is 1420 g/mol. The predicted octanol–water partition coefficient (Wildman–Crippen LogP) is -8.88. The minimum atomic E-state index is -2.01. The maximum absolute atomic E-state index is 14.1. The van der Waals surface area contributed by atoms with Crippen molar-refractivity contribution in [2.75, 3.05) is 24.7 Å². The molecule has 0 aliphatic carbocycles. The number of thiol groups is 2. The average molecular weight is 1420 g/mol. The number of hydrogen-bond acceptors (Lipinski definition) is 23. The summed E-state index contributed by atoms with van der Waals surface area (Å²) in [5.74, 6) is -23.2. The first-order valence-corrected chi connectivity index (χ1v) is 31.2. The standard InChI is InChI=1S/C55H87N17O23S2/c1-23(2)14-31(67-49(88)30(9-13-41(79)80)65-47(86)28(7-10-37(57)74)64-45(84)27(56)6-12-40(77)78)51(90)72-43(24(3)4)54(93)69-33(16-42(81)82)50(89)71-35(20-96)53(92)62-25(5)44(83)70-34(19-73)52(91)66-29(8-11-38(58)75)48(87)68-32(15-26-17-59-22-61-26)46(85)60-18-39(76)63-36(21-97)55(94)95/h17,22-25,27-36,43,73,96-97H,6-16,18-21,56H2,1-5H3,(H2,57,74)(H2,58,75)(H,59,61)(H,60,85)(H,62,92)(H,63,76)(H,64,84)(H,65,86)(H,66,91)(H,67,88)(H,68,87)(H,69,93)(H,70,83)(H,71,89)(H,72,90)(H,77,78)(H,79,80)(H,81,82)(H,94,95)/t25-,27-,28-,29-,30-,31-,32-,33-,34-,35-,36-,43-/m0/s1. The SMILES string of the molecule is CC(C)C[C@H](NC(=O)[C@H](CCC(=O)O)NC(=O)[C@H](CCC(N)=O)NC(=O)[C@@H](N)CCC(=O)O)C(=O)N[C@H](C(=O)N[C@@H](CC(=O)O)C(=O)N[C@@H](CS)C(=O)N[C@@H](C)C(=O)N[C@@H](CO)C(=O)N[C@@H](CCC(N)=O)C(=O)N[C@@H](Cc1cnc[nH]1)C(=O)NCC(=O)N[C@@H](CS)C(=O)O)C(C)C. The fraction of sp³-hybridized carbons (Fsp3) is 0.618. The highest BCUT2D eigenvalue weighted by atomic mass is 32.1. The Bertz CT molecular complexity index is 2980. The van der Waals surface area contributed by atoms with Gasteiger partial charge in [-0.1, -0.05) is 27.7 Å². The van der Waals surface area contributed by atoms with Crippen molar-refractivity contribution in [2.24, 2.45) is 29.0 Å². The molecule has 0 fully saturated rings. The average Bonchev–Trinajstić information content (AvgIpc) is 1.97. The van der Waals surface area contributed by atoms with Crippen molar-refractivity contribution in [3.05, 3.63) is 18.2 Å². The van der Waals surface area contributed by atoms with Crippen molar-refractivity contribution < 1.29 is 112 Å². The molecule has 1 aromatic rings. The number of aromatic amines is 1. The van der Waals surface area contributed by atoms with Crippen LogP contribution in [0.5, 0.6) is 0 Å². The van der Waals surface area contributed by atoms with Gasteiger partial charge in [-0.2, -0.15) is 25.3 Å². The fourth-order valence-corrected chi connectivity index (χ4v) is 8.95. The molecular weight excluding hydrogens is 1330 g/mol. The lowest BCUT2D eigenvalue weighted by Gasteiger charge is -2.29. The smallest absolute Gasteiger partial charge is 0.327 e. The number of rotatable bonds is 47. The van der Waals surface area contributed by atoms with Gasteiger partial charge >= 0.3 is 23.9 Å². The molecule has 0 aliphatic rings. The van der Waals surface area contributed by atoms with Crippen LogP contribution in [0, 0.1) is 11.8 Å². The molecule has 0 saturated heterocycles. The topological polar surface area (TPSA) is 660 Å². The van der Waals surface area contributed by atoms with Crippen LogP contribution in [-0.2, 0) is 92.7 Å². The van der Waals surface area contributed by atoms with Crippen LogP contribution >= 0.6 is 25.3 Å². The molecule has 0 spiro atoms. The van der Waals surface area contributed by atoms with Gasteiger partial charge < -0.3 is 112 Å². The number of carbonyl (C=O) groups excluding carboxylic acids is 14. The number of carbonyl (C=O) groups is 18. The first kappa shape index (κ1) is 85.3. The summed E-state index contributed by atoms with van der Waals surface area (Å²) in [6, 6.07) is -19.9. The highest BCUT2D eigenvalue weighted by Gasteiger charge is 2.38. The number of H-pyrrole nitrogens is 1. The molecule has 1 rings (SSSR count). The van der Waals surface area contributed by atoms with E-state index in [1.54, 1.807) is 13.8 Å². The van der Waals surface area contributed by atoms with Gasteiger partial charge in [0.25, 0.3) is 0 Å². The van der Waals surface area contributed by atoms with E-state index in [1.807, 2.05) is 0 Å². The summed E-state index contributed by atoms with van der Waals surface area (Å²) in [4.78, 5) is 239. The van der Waals surface area contributed by atoms with E-state index in [1.165, 1.54) is 26.4 Å². The van der Waals surface area contributed by atoms with Gasteiger partial charge in [-0.05, 0) is 50.9 Å². The second kappa shape index (κ2) is 43.4. The van der Waals surface area contributed by atoms with E-state index in [-0.39, 0.29) is 30.7 Å². The number of nitrogens with one attached hydrogen (secondary N) is 13. The van der Waals surface area contributed by atoms with E-state index in [2.05, 4.69) is 99.0 Å². The minimum absolute atomic E-state index is 0.171. The van der Waals surface area contributed by atoms with Gasteiger partial charge in [0.15, 0.2) is 0 Å². The number of primary amides is 2. The molecule has 42 heteroatoms. The van der Waals surface area contributed by atoms with Crippen LogP contribution in [0.3, 0.4) is 0 Å². The third kappa shape index (κ3) is 33.0. The summed E-state index contributed by atoms with van der Waals surface area (Å²) >= 11 is 7.93. The maximum Gasteiger partial charge on any atom is 0.327 e. The number of hydrogen-bond donors (Lipinski definition) is 23. The Morgan fingerprint density at radius 2 is 0.907 bits per heavy atom. The lowest BCUT2D eigenvalue weighted by molar-refractivity contribution is -0.142. The van der Waals surface area contributed by atoms with E-state index >= 15 is 0 Å². The molecule has 0 aromatic carbocycles. The normalized spacial score (nSPS) is 14.7. The van der Waals surface area contributed by atoms with Crippen LogP contribution in [0.15, 0.2) is 12.5 Å². The largest absolute Gasteiger partial charge is 0.481 e. The zero-order chi connectivity index (χ0) is 74.0. The van der Waals surface area contributed by atoms with Gasteiger partial charge in [0.05, 0.1) is 31.9 Å². The summed E-state index contributed by atoms with van der Waals surface area (Å²) in [5.41, 5.74) is 16.6. The predicted molar refractivity (Wildman–Crippen MR) is 340 cm³/mol. The minimum Gasteiger partial charge on any atom is -0.481 e. The molecule has 1 heterocycles. The number of imidazole rings is 1. The quantitative estimate of drug-likeness (QED) is 0.0270. The van der Waals surface area contributed by atoms with Crippen LogP contribution in [-0.4, -0.2) is 239 Å². The summed E-state index contributed by atoms with van der Waals surface area (Å²) in [5, 5.41) is 74.9. The van der Waals surface area contributed by atoms with Crippen LogP contribution in [0.1, 0.15) is 105 Å². The highest BCUT2D eigenvalue weighted by Crippen LogP contribution is 2.12. The van der Waals surface area contributed by atoms with Gasteiger partial charge in [0.2, 0.25) is 82.7 Å². The zero-order valence-electron chi connectivity index (χ0n) is 53.5. The molecular formula is C55H87N17O23S2. The molecule has 0 aliphatic heterocycles. The van der Waals surface area contributed by atoms with E-state index in [0.717, 1.165) is 6.92 Å². The number of aliphatic hydroxyl groups excluding tert-OH is 1. The number of nitrogens with zero attached hydrogens (tertiary/aromatic N) is 1. The van der Waals surface area contributed by atoms with Crippen LogP contribution < -0.4 is 81.0 Å². The summed E-state index contributed by atoms with van der Waals surface area (Å²) in [6.07, 6.45) is -3.33. The van der Waals surface area contributed by atoms with Crippen LogP contribution in [0.2, 0.25) is 0 Å². The summed E-state index contributed by atoms with van der Waals surface area (Å²) in [6.45, 7) is 5.29. The number of carboxylic acids is 4. The van der Waals surface area contributed by atoms with Crippen molar-refractivity contribution in [3.8, 4) is 0 Å². The molecule has 97 heavy (non-hydrogen) atoms. The Labute approximate surface area is 565 Å². The van der Waals surface area contributed by atoms with Crippen molar-refractivity contribution in [1.82, 2.24) is 73.8 Å².